The van der Waals surface area contributed by atoms with Crippen molar-refractivity contribution >= 4 is 0 Å². The van der Waals surface area contributed by atoms with Crippen molar-refractivity contribution in [2.45, 2.75) is 233 Å². The van der Waals surface area contributed by atoms with E-state index in [0.29, 0.717) is 35.5 Å². The Hall–Kier alpha value is -1.26. The maximum atomic E-state index is 11.3. The Bertz CT molecular complexity index is 2000. The molecule has 14 N–H and O–H groups in total. The van der Waals surface area contributed by atoms with Gasteiger partial charge in [0.05, 0.1) is 58.5 Å². The van der Waals surface area contributed by atoms with Crippen molar-refractivity contribution in [1.29, 1.82) is 0 Å². The number of fused-ring (bicyclic) bond motifs is 7. The molecule has 0 amide bonds. The van der Waals surface area contributed by atoms with Gasteiger partial charge in [0.2, 0.25) is 0 Å². The molecule has 1 spiro atoms. The van der Waals surface area contributed by atoms with Crippen LogP contribution in [0.3, 0.4) is 0 Å². The molecule has 0 radical (unpaired) electrons. The van der Waals surface area contributed by atoms with Crippen LogP contribution in [0.5, 0.6) is 0 Å². The van der Waals surface area contributed by atoms with Crippen molar-refractivity contribution in [3.8, 4) is 0 Å². The molecule has 25 heteroatoms. The molecule has 0 aromatic heterocycles. The minimum absolute atomic E-state index is 0.0374. The van der Waals surface area contributed by atoms with Gasteiger partial charge >= 0.3 is 0 Å². The van der Waals surface area contributed by atoms with Gasteiger partial charge < -0.3 is 124 Å². The van der Waals surface area contributed by atoms with Gasteiger partial charge in [0.1, 0.15) is 97.7 Å². The van der Waals surface area contributed by atoms with E-state index in [4.69, 9.17) is 52.1 Å². The van der Waals surface area contributed by atoms with Crippen LogP contribution in [0, 0.1) is 52.3 Å². The van der Waals surface area contributed by atoms with Crippen LogP contribution < -0.4 is 0 Å². The number of ether oxygens (including phenoxy) is 11. The summed E-state index contributed by atoms with van der Waals surface area (Å²) >= 11 is 0. The molecular weight excluding hydrogens is 1070 g/mol. The first-order valence-electron chi connectivity index (χ1n) is 29.6. The normalized spacial score (nSPS) is 52.8. The molecule has 6 saturated heterocycles. The second-order valence-corrected chi connectivity index (χ2v) is 25.8. The predicted octanol–water partition coefficient (Wildman–Crippen LogP) is -2.97. The van der Waals surface area contributed by atoms with Gasteiger partial charge in [-0.2, -0.15) is 0 Å². The number of rotatable bonds is 18. The summed E-state index contributed by atoms with van der Waals surface area (Å²) in [6.45, 7) is 7.00. The van der Waals surface area contributed by atoms with E-state index in [1.165, 1.54) is 18.4 Å². The summed E-state index contributed by atoms with van der Waals surface area (Å²) in [5, 5.41) is 148. The van der Waals surface area contributed by atoms with E-state index in [0.717, 1.165) is 51.6 Å². The molecule has 10 aliphatic rings. The van der Waals surface area contributed by atoms with Gasteiger partial charge in [-0.1, -0.05) is 39.3 Å². The minimum Gasteiger partial charge on any atom is -0.394 e. The summed E-state index contributed by atoms with van der Waals surface area (Å²) < 4.78 is 66.5. The third-order valence-electron chi connectivity index (χ3n) is 21.1. The summed E-state index contributed by atoms with van der Waals surface area (Å²) in [6, 6.07) is 0. The molecule has 25 nitrogen and oxygen atoms in total. The van der Waals surface area contributed by atoms with E-state index in [2.05, 4.69) is 33.8 Å². The van der Waals surface area contributed by atoms with Gasteiger partial charge in [-0.3, -0.25) is 0 Å². The Morgan fingerprint density at radius 1 is 0.580 bits per heavy atom. The van der Waals surface area contributed by atoms with Crippen LogP contribution in [0.2, 0.25) is 0 Å². The first-order valence-corrected chi connectivity index (χ1v) is 29.6. The lowest BCUT2D eigenvalue weighted by atomic mass is 9.47. The lowest BCUT2D eigenvalue weighted by Gasteiger charge is -2.58. The molecule has 81 heavy (non-hydrogen) atoms. The van der Waals surface area contributed by atoms with Crippen molar-refractivity contribution in [1.82, 2.24) is 0 Å². The SMILES string of the molecule is C[C@@H]1CC[C@@]2(OC1)O[C@H]1C[C@H]3[C@@H]4CC=C5C[C@@H](OCCC(CO[C@@H]6O[C@H](CO)[C@@H](O[C@@H]7O[C@H](CO)[C@@H](O)[C@H](O)[C@H]7O)[C@H](O)[C@H]6O)CO[C@@H]6O[C@H](CO)[C@@H](O[C@@H]7O[C@H](CO)[C@@H](O)[C@H](O)[C@H]7O)[C@H](O)[C@H]6O)CC[C@]5(C)[C@H]4CC[C@]3(C)[C@H]1[C@@H]2C. The molecule has 6 aliphatic heterocycles. The third kappa shape index (κ3) is 11.7. The van der Waals surface area contributed by atoms with Gasteiger partial charge in [-0.15, -0.1) is 0 Å². The zero-order valence-corrected chi connectivity index (χ0v) is 46.8. The second kappa shape index (κ2) is 25.5. The van der Waals surface area contributed by atoms with Crippen molar-refractivity contribution in [3.05, 3.63) is 11.6 Å². The van der Waals surface area contributed by atoms with Crippen molar-refractivity contribution in [3.63, 3.8) is 0 Å². The average Bonchev–Trinajstić information content (AvgIpc) is 3.70. The van der Waals surface area contributed by atoms with Gasteiger partial charge in [0, 0.05) is 24.9 Å². The van der Waals surface area contributed by atoms with Crippen molar-refractivity contribution in [2.24, 2.45) is 52.3 Å². The molecule has 10 rings (SSSR count). The molecular formula is C56H92O25. The van der Waals surface area contributed by atoms with Gasteiger partial charge in [0.25, 0.3) is 0 Å². The van der Waals surface area contributed by atoms with Crippen molar-refractivity contribution < 1.29 is 124 Å². The summed E-state index contributed by atoms with van der Waals surface area (Å²) in [5.74, 6) is 1.99. The highest BCUT2D eigenvalue weighted by molar-refractivity contribution is 5.26. The van der Waals surface area contributed by atoms with E-state index in [1.54, 1.807) is 0 Å². The van der Waals surface area contributed by atoms with Crippen LogP contribution in [0.25, 0.3) is 0 Å². The Labute approximate surface area is 471 Å². The average molecular weight is 1170 g/mol. The first kappa shape index (κ1) is 62.8. The summed E-state index contributed by atoms with van der Waals surface area (Å²) in [7, 11) is 0. The zero-order valence-electron chi connectivity index (χ0n) is 46.8. The molecule has 0 unspecified atom stereocenters. The first-order chi connectivity index (χ1) is 38.6. The second-order valence-electron chi connectivity index (χ2n) is 25.8. The van der Waals surface area contributed by atoms with Crippen LogP contribution in [0.15, 0.2) is 11.6 Å². The topological polar surface area (TPSA) is 385 Å². The van der Waals surface area contributed by atoms with E-state index >= 15 is 0 Å². The monoisotopic (exact) mass is 1160 g/mol. The molecule has 6 heterocycles. The molecule has 4 aliphatic carbocycles. The highest BCUT2D eigenvalue weighted by Gasteiger charge is 2.69. The van der Waals surface area contributed by atoms with Crippen molar-refractivity contribution in [2.75, 3.05) is 52.9 Å². The quantitative estimate of drug-likeness (QED) is 0.0609. The van der Waals surface area contributed by atoms with E-state index in [9.17, 15) is 71.5 Å². The number of hydrogen-bond acceptors (Lipinski definition) is 25. The van der Waals surface area contributed by atoms with Gasteiger partial charge in [-0.25, -0.2) is 0 Å². The van der Waals surface area contributed by atoms with Crippen LogP contribution in [-0.2, 0) is 52.1 Å². The number of aliphatic hydroxyl groups is 14. The highest BCUT2D eigenvalue weighted by atomic mass is 16.8. The Morgan fingerprint density at radius 2 is 1.11 bits per heavy atom. The third-order valence-corrected chi connectivity index (χ3v) is 21.1. The maximum Gasteiger partial charge on any atom is 0.187 e. The molecule has 0 bridgehead atoms. The van der Waals surface area contributed by atoms with Gasteiger partial charge in [-0.05, 0) is 98.2 Å². The Kier molecular flexibility index (Phi) is 19.7. The fourth-order valence-corrected chi connectivity index (χ4v) is 16.3. The maximum absolute atomic E-state index is 11.3. The van der Waals surface area contributed by atoms with Crippen LogP contribution >= 0.6 is 0 Å². The van der Waals surface area contributed by atoms with Crippen LogP contribution in [-0.4, -0.2) is 265 Å². The molecule has 3 saturated carbocycles. The van der Waals surface area contributed by atoms with Crippen LogP contribution in [0.4, 0.5) is 0 Å². The molecule has 466 valence electrons. The number of hydrogen-bond donors (Lipinski definition) is 14. The number of allylic oxidation sites excluding steroid dienone is 1. The summed E-state index contributed by atoms with van der Waals surface area (Å²) in [6.07, 6.45) is -21.3. The summed E-state index contributed by atoms with van der Waals surface area (Å²) in [5.41, 5.74) is 1.66. The Morgan fingerprint density at radius 3 is 1.63 bits per heavy atom. The summed E-state index contributed by atoms with van der Waals surface area (Å²) in [4.78, 5) is 0. The molecule has 31 atom stereocenters. The molecule has 0 aromatic carbocycles. The minimum atomic E-state index is -1.86. The lowest BCUT2D eigenvalue weighted by Crippen LogP contribution is -2.65. The van der Waals surface area contributed by atoms with E-state index in [1.807, 2.05) is 0 Å². The highest BCUT2D eigenvalue weighted by Crippen LogP contribution is 2.70. The fraction of sp³-hybridized carbons (Fsp3) is 0.964. The fourth-order valence-electron chi connectivity index (χ4n) is 16.3. The van der Waals surface area contributed by atoms with E-state index < -0.39 is 161 Å². The largest absolute Gasteiger partial charge is 0.394 e. The number of aliphatic hydroxyl groups excluding tert-OH is 14. The molecule has 0 aromatic rings. The van der Waals surface area contributed by atoms with E-state index in [-0.39, 0.29) is 49.3 Å². The lowest BCUT2D eigenvalue weighted by molar-refractivity contribution is -0.363. The smallest absolute Gasteiger partial charge is 0.187 e. The Balaban J connectivity index is 0.784. The van der Waals surface area contributed by atoms with Crippen LogP contribution in [0.1, 0.15) is 91.9 Å². The standard InChI is InChI=1S/C56H92O25/c1-24-7-13-56(74-21-24)25(2)37-32(81-56)16-31-29-6-5-27-15-28(8-11-54(27,3)30(29)9-12-55(31,37)4)71-14-10-26(22-72-50-46(69)42(65)48(35(19-59)77-50)79-52-44(67)40(63)38(61)33(17-57)75-52)23-73-51-47(70)43(66)49(36(20-60)78-51)80-53-45(68)41(64)39(62)34(18-58)76-53/h5,24-26,28-53,57-70H,6-23H2,1-4H3/t24-,25+,28+,29-,30+,31+,32+,33-,34-,35-,36-,37+,38-,39-,40+,41+,42-,43-,44-,45-,46-,47-,48-,49-,50-,51-,52+,53+,54+,55+,56-/m1/s1. The van der Waals surface area contributed by atoms with Gasteiger partial charge in [0.15, 0.2) is 30.9 Å². The molecule has 9 fully saturated rings. The predicted molar refractivity (Wildman–Crippen MR) is 274 cm³/mol. The zero-order chi connectivity index (χ0) is 58.0.